The van der Waals surface area contributed by atoms with Crippen molar-refractivity contribution in [2.75, 3.05) is 26.0 Å². The molecule has 1 aromatic heterocycles. The number of nitrogens with one attached hydrogen (secondary N) is 1. The van der Waals surface area contributed by atoms with Gasteiger partial charge in [-0.15, -0.1) is 0 Å². The van der Waals surface area contributed by atoms with Gasteiger partial charge in [-0.2, -0.15) is 0 Å². The fourth-order valence-electron chi connectivity index (χ4n) is 4.08. The van der Waals surface area contributed by atoms with Crippen molar-refractivity contribution in [3.8, 4) is 11.1 Å². The SMILES string of the molecule is CSN[C@@H]1CN(C2=NOC(CO)(c3ncc(C)cc3-c3c(F)cc(F)cc3F)C2)CC1(F)F. The number of pyridine rings is 1. The quantitative estimate of drug-likeness (QED) is 0.496. The Morgan fingerprint density at radius 1 is 1.24 bits per heavy atom. The smallest absolute Gasteiger partial charge is 0.282 e. The number of alkyl halides is 2. The molecule has 1 fully saturated rings. The summed E-state index contributed by atoms with van der Waals surface area (Å²) in [6.07, 6.45) is 2.91. The zero-order chi connectivity index (χ0) is 24.0. The van der Waals surface area contributed by atoms with Crippen molar-refractivity contribution in [3.63, 3.8) is 0 Å². The van der Waals surface area contributed by atoms with Crippen LogP contribution in [0.25, 0.3) is 11.1 Å². The van der Waals surface area contributed by atoms with E-state index in [1.165, 1.54) is 17.2 Å². The van der Waals surface area contributed by atoms with Crippen LogP contribution in [-0.4, -0.2) is 58.7 Å². The number of aromatic nitrogens is 1. The molecule has 2 atom stereocenters. The molecule has 0 aliphatic carbocycles. The highest BCUT2D eigenvalue weighted by atomic mass is 32.2. The molecule has 1 saturated heterocycles. The van der Waals surface area contributed by atoms with Crippen LogP contribution < -0.4 is 4.72 Å². The molecule has 6 nitrogen and oxygen atoms in total. The largest absolute Gasteiger partial charge is 0.392 e. The second-order valence-electron chi connectivity index (χ2n) is 8.10. The zero-order valence-electron chi connectivity index (χ0n) is 17.7. The second kappa shape index (κ2) is 8.73. The third kappa shape index (κ3) is 4.26. The Labute approximate surface area is 190 Å². The third-order valence-electron chi connectivity index (χ3n) is 5.70. The number of likely N-dealkylation sites (tertiary alicyclic amines) is 1. The van der Waals surface area contributed by atoms with Gasteiger partial charge in [0.15, 0.2) is 0 Å². The summed E-state index contributed by atoms with van der Waals surface area (Å²) in [7, 11) is 0. The molecule has 1 unspecified atom stereocenters. The van der Waals surface area contributed by atoms with Gasteiger partial charge in [0.05, 0.1) is 30.8 Å². The Morgan fingerprint density at radius 3 is 2.58 bits per heavy atom. The van der Waals surface area contributed by atoms with Crippen LogP contribution in [-0.2, 0) is 10.4 Å². The van der Waals surface area contributed by atoms with Gasteiger partial charge in [-0.1, -0.05) is 17.1 Å². The molecule has 2 aliphatic rings. The number of hydrogen-bond acceptors (Lipinski definition) is 7. The molecular formula is C21H21F5N4O2S. The first-order valence-electron chi connectivity index (χ1n) is 9.99. The Hall–Kier alpha value is -2.44. The predicted octanol–water partition coefficient (Wildman–Crippen LogP) is 3.58. The Balaban J connectivity index is 1.71. The lowest BCUT2D eigenvalue weighted by atomic mass is 9.88. The van der Waals surface area contributed by atoms with Crippen LogP contribution >= 0.6 is 11.9 Å². The predicted molar refractivity (Wildman–Crippen MR) is 113 cm³/mol. The molecule has 12 heteroatoms. The fourth-order valence-corrected chi connectivity index (χ4v) is 4.62. The third-order valence-corrected chi connectivity index (χ3v) is 6.22. The summed E-state index contributed by atoms with van der Waals surface area (Å²) in [6.45, 7) is 0.301. The number of aliphatic hydroxyl groups is 1. The maximum atomic E-state index is 14.6. The monoisotopic (exact) mass is 488 g/mol. The second-order valence-corrected chi connectivity index (χ2v) is 8.74. The summed E-state index contributed by atoms with van der Waals surface area (Å²) in [5.74, 6) is -6.26. The number of benzene rings is 1. The molecule has 178 valence electrons. The lowest BCUT2D eigenvalue weighted by molar-refractivity contribution is -0.0646. The summed E-state index contributed by atoms with van der Waals surface area (Å²) in [5.41, 5.74) is -1.74. The number of aryl methyl sites for hydroxylation is 1. The van der Waals surface area contributed by atoms with Gasteiger partial charge in [0.1, 0.15) is 29.3 Å². The maximum Gasteiger partial charge on any atom is 0.282 e. The van der Waals surface area contributed by atoms with E-state index in [4.69, 9.17) is 4.84 Å². The number of nitrogens with zero attached hydrogens (tertiary/aromatic N) is 3. The van der Waals surface area contributed by atoms with Gasteiger partial charge in [-0.25, -0.2) is 22.0 Å². The summed E-state index contributed by atoms with van der Waals surface area (Å²) in [6, 6.07) is 1.40. The highest BCUT2D eigenvalue weighted by molar-refractivity contribution is 7.96. The fraction of sp³-hybridized carbons (Fsp3) is 0.429. The molecule has 33 heavy (non-hydrogen) atoms. The number of amidine groups is 1. The minimum absolute atomic E-state index is 0.0384. The lowest BCUT2D eigenvalue weighted by Gasteiger charge is -2.27. The molecule has 0 bridgehead atoms. The van der Waals surface area contributed by atoms with Gasteiger partial charge in [0.2, 0.25) is 5.60 Å². The number of oxime groups is 1. The summed E-state index contributed by atoms with van der Waals surface area (Å²) < 4.78 is 74.1. The molecule has 2 aromatic rings. The van der Waals surface area contributed by atoms with E-state index in [1.807, 2.05) is 0 Å². The summed E-state index contributed by atoms with van der Waals surface area (Å²) in [5, 5.41) is 14.1. The summed E-state index contributed by atoms with van der Waals surface area (Å²) in [4.78, 5) is 11.1. The van der Waals surface area contributed by atoms with E-state index in [0.717, 1.165) is 11.9 Å². The van der Waals surface area contributed by atoms with Crippen LogP contribution in [0.2, 0.25) is 0 Å². The molecule has 2 aliphatic heterocycles. The van der Waals surface area contributed by atoms with E-state index in [2.05, 4.69) is 14.9 Å². The highest BCUT2D eigenvalue weighted by Gasteiger charge is 2.52. The van der Waals surface area contributed by atoms with Gasteiger partial charge >= 0.3 is 0 Å². The van der Waals surface area contributed by atoms with Crippen LogP contribution in [0.3, 0.4) is 0 Å². The Morgan fingerprint density at radius 2 is 1.94 bits per heavy atom. The van der Waals surface area contributed by atoms with Crippen LogP contribution in [0.1, 0.15) is 17.7 Å². The molecular weight excluding hydrogens is 467 g/mol. The van der Waals surface area contributed by atoms with Gasteiger partial charge in [0, 0.05) is 30.4 Å². The van der Waals surface area contributed by atoms with Crippen molar-refractivity contribution in [2.24, 2.45) is 5.16 Å². The molecule has 0 radical (unpaired) electrons. The topological polar surface area (TPSA) is 70.0 Å². The van der Waals surface area contributed by atoms with Crippen molar-refractivity contribution < 1.29 is 31.9 Å². The minimum Gasteiger partial charge on any atom is -0.392 e. The summed E-state index contributed by atoms with van der Waals surface area (Å²) >= 11 is 1.08. The van der Waals surface area contributed by atoms with Crippen molar-refractivity contribution in [1.82, 2.24) is 14.6 Å². The van der Waals surface area contributed by atoms with Crippen LogP contribution in [0.5, 0.6) is 0 Å². The number of halogens is 5. The van der Waals surface area contributed by atoms with Crippen LogP contribution in [0.15, 0.2) is 29.6 Å². The normalized spacial score (nSPS) is 24.2. The van der Waals surface area contributed by atoms with Crippen molar-refractivity contribution in [1.29, 1.82) is 0 Å². The first kappa shape index (κ1) is 23.7. The molecule has 1 aromatic carbocycles. The van der Waals surface area contributed by atoms with Gasteiger partial charge in [0.25, 0.3) is 5.92 Å². The van der Waals surface area contributed by atoms with E-state index in [0.29, 0.717) is 17.7 Å². The lowest BCUT2D eigenvalue weighted by Crippen LogP contribution is -2.40. The zero-order valence-corrected chi connectivity index (χ0v) is 18.5. The Bertz CT molecular complexity index is 1080. The molecule has 3 heterocycles. The van der Waals surface area contributed by atoms with Gasteiger partial charge in [-0.3, -0.25) is 9.71 Å². The average molecular weight is 488 g/mol. The molecule has 0 spiro atoms. The van der Waals surface area contributed by atoms with Crippen molar-refractivity contribution in [2.45, 2.75) is 30.9 Å². The van der Waals surface area contributed by atoms with Crippen molar-refractivity contribution in [3.05, 3.63) is 53.1 Å². The van der Waals surface area contributed by atoms with E-state index in [1.54, 1.807) is 13.2 Å². The van der Waals surface area contributed by atoms with Crippen LogP contribution in [0.4, 0.5) is 22.0 Å². The standard InChI is InChI=1S/C21H21F5N4O2S/c1-11-3-13(18-14(23)4-12(22)5-15(18)24)19(27-7-11)20(10-31)6-17(28-32-20)30-8-16(29-33-2)21(25,26)9-30/h3-5,7,16,29,31H,6,8-10H2,1-2H3/t16-,20?/m1/s1. The van der Waals surface area contributed by atoms with Crippen molar-refractivity contribution >= 4 is 17.8 Å². The first-order chi connectivity index (χ1) is 15.6. The Kier molecular flexibility index (Phi) is 6.27. The number of hydrogen-bond donors (Lipinski definition) is 2. The van der Waals surface area contributed by atoms with Gasteiger partial charge < -0.3 is 14.8 Å². The van der Waals surface area contributed by atoms with E-state index < -0.39 is 53.7 Å². The minimum atomic E-state index is -3.02. The highest BCUT2D eigenvalue weighted by Crippen LogP contribution is 2.42. The van der Waals surface area contributed by atoms with Crippen LogP contribution in [0, 0.1) is 24.4 Å². The molecule has 0 amide bonds. The van der Waals surface area contributed by atoms with Gasteiger partial charge in [-0.05, 0) is 24.8 Å². The number of rotatable bonds is 5. The van der Waals surface area contributed by atoms with E-state index in [9.17, 15) is 27.1 Å². The number of aliphatic hydroxyl groups excluding tert-OH is 1. The van der Waals surface area contributed by atoms with E-state index >= 15 is 0 Å². The molecule has 4 rings (SSSR count). The first-order valence-corrected chi connectivity index (χ1v) is 11.2. The van der Waals surface area contributed by atoms with E-state index in [-0.39, 0.29) is 30.1 Å². The maximum absolute atomic E-state index is 14.6. The molecule has 2 N–H and O–H groups in total. The average Bonchev–Trinajstić information content (AvgIpc) is 3.29. The molecule has 0 saturated carbocycles.